The van der Waals surface area contributed by atoms with Gasteiger partial charge in [0.2, 0.25) is 0 Å². The Balaban J connectivity index is 1.75. The molecule has 0 radical (unpaired) electrons. The van der Waals surface area contributed by atoms with Crippen LogP contribution >= 0.6 is 0 Å². The summed E-state index contributed by atoms with van der Waals surface area (Å²) in [6.07, 6.45) is 3.36. The fraction of sp³-hybridized carbons (Fsp3) is 0.286. The van der Waals surface area contributed by atoms with Crippen molar-refractivity contribution >= 4 is 0 Å². The summed E-state index contributed by atoms with van der Waals surface area (Å²) in [5, 5.41) is 10.4. The van der Waals surface area contributed by atoms with E-state index in [9.17, 15) is 14.3 Å². The summed E-state index contributed by atoms with van der Waals surface area (Å²) >= 11 is 0. The third-order valence-electron chi connectivity index (χ3n) is 5.97. The molecule has 0 aliphatic rings. The van der Waals surface area contributed by atoms with E-state index in [-0.39, 0.29) is 18.0 Å². The molecule has 3 heterocycles. The Kier molecular flexibility index (Phi) is 6.73. The highest BCUT2D eigenvalue weighted by Gasteiger charge is 2.22. The zero-order chi connectivity index (χ0) is 26.2. The molecule has 0 bridgehead atoms. The Morgan fingerprint density at radius 2 is 1.67 bits per heavy atom. The number of aliphatic hydroxyl groups is 1. The van der Waals surface area contributed by atoms with E-state index in [2.05, 4.69) is 15.0 Å². The van der Waals surface area contributed by atoms with Gasteiger partial charge in [-0.1, -0.05) is 12.1 Å². The van der Waals surface area contributed by atoms with Gasteiger partial charge in [-0.25, -0.2) is 14.4 Å². The van der Waals surface area contributed by atoms with Crippen LogP contribution in [0.5, 0.6) is 5.75 Å². The van der Waals surface area contributed by atoms with E-state index in [1.807, 2.05) is 32.9 Å². The van der Waals surface area contributed by atoms with Gasteiger partial charge in [-0.3, -0.25) is 14.3 Å². The number of aromatic nitrogens is 4. The van der Waals surface area contributed by atoms with E-state index in [1.54, 1.807) is 49.9 Å². The van der Waals surface area contributed by atoms with Crippen LogP contribution < -0.4 is 10.3 Å². The van der Waals surface area contributed by atoms with E-state index < -0.39 is 5.60 Å². The highest BCUT2D eigenvalue weighted by molar-refractivity contribution is 5.62. The molecule has 1 N–H and O–H groups in total. The number of nitrogens with zero attached hydrogens (tertiary/aromatic N) is 4. The van der Waals surface area contributed by atoms with E-state index in [0.29, 0.717) is 39.9 Å². The quantitative estimate of drug-likeness (QED) is 0.417. The molecule has 0 saturated heterocycles. The molecule has 8 heteroatoms. The highest BCUT2D eigenvalue weighted by atomic mass is 19.1. The monoisotopic (exact) mass is 488 g/mol. The van der Waals surface area contributed by atoms with Gasteiger partial charge in [-0.2, -0.15) is 0 Å². The molecule has 186 valence electrons. The molecule has 7 nitrogen and oxygen atoms in total. The van der Waals surface area contributed by atoms with Gasteiger partial charge in [0.15, 0.2) is 5.82 Å². The lowest BCUT2D eigenvalue weighted by molar-refractivity contribution is 0.0688. The Morgan fingerprint density at radius 3 is 2.33 bits per heavy atom. The SMILES string of the molecule is Cc1cnc(-c2nc(C(C)(C)O)ncc2C)cc1-n1c(C)cc(OCc2ccc(F)cc2)c(C)c1=O. The summed E-state index contributed by atoms with van der Waals surface area (Å²) < 4.78 is 20.7. The van der Waals surface area contributed by atoms with Crippen LogP contribution in [0, 0.1) is 33.5 Å². The second-order valence-corrected chi connectivity index (χ2v) is 9.47. The number of hydrogen-bond donors (Lipinski definition) is 1. The van der Waals surface area contributed by atoms with Crippen molar-refractivity contribution in [3.8, 4) is 22.8 Å². The molecule has 0 atom stereocenters. The lowest BCUT2D eigenvalue weighted by atomic mass is 10.1. The van der Waals surface area contributed by atoms with E-state index in [1.165, 1.54) is 12.1 Å². The lowest BCUT2D eigenvalue weighted by Gasteiger charge is -2.19. The summed E-state index contributed by atoms with van der Waals surface area (Å²) in [4.78, 5) is 26.8. The van der Waals surface area contributed by atoms with Gasteiger partial charge in [0.1, 0.15) is 23.8 Å². The third-order valence-corrected chi connectivity index (χ3v) is 5.97. The fourth-order valence-electron chi connectivity index (χ4n) is 3.87. The highest BCUT2D eigenvalue weighted by Crippen LogP contribution is 2.27. The number of aryl methyl sites for hydroxylation is 3. The van der Waals surface area contributed by atoms with Crippen LogP contribution in [-0.4, -0.2) is 24.6 Å². The molecule has 3 aromatic heterocycles. The van der Waals surface area contributed by atoms with Gasteiger partial charge in [0.25, 0.3) is 5.56 Å². The van der Waals surface area contributed by atoms with E-state index in [4.69, 9.17) is 4.74 Å². The van der Waals surface area contributed by atoms with Crippen molar-refractivity contribution in [2.45, 2.75) is 53.8 Å². The Hall–Kier alpha value is -3.91. The molecule has 36 heavy (non-hydrogen) atoms. The summed E-state index contributed by atoms with van der Waals surface area (Å²) in [5.41, 5.74) is 4.00. The maximum absolute atomic E-state index is 13.5. The second kappa shape index (κ2) is 9.62. The third kappa shape index (κ3) is 5.04. The number of hydrogen-bond acceptors (Lipinski definition) is 6. The maximum atomic E-state index is 13.5. The molecule has 0 spiro atoms. The minimum atomic E-state index is -1.20. The van der Waals surface area contributed by atoms with Gasteiger partial charge in [-0.05, 0) is 76.4 Å². The summed E-state index contributed by atoms with van der Waals surface area (Å²) in [5.74, 6) is 0.458. The number of halogens is 1. The molecule has 0 fully saturated rings. The zero-order valence-electron chi connectivity index (χ0n) is 21.3. The summed E-state index contributed by atoms with van der Waals surface area (Å²) in [7, 11) is 0. The first kappa shape index (κ1) is 25.2. The van der Waals surface area contributed by atoms with Crippen molar-refractivity contribution in [3.05, 3.63) is 98.7 Å². The normalized spacial score (nSPS) is 11.6. The van der Waals surface area contributed by atoms with Crippen LogP contribution in [-0.2, 0) is 12.2 Å². The minimum absolute atomic E-state index is 0.207. The molecular formula is C28H29FN4O3. The molecule has 0 aliphatic heterocycles. The van der Waals surface area contributed by atoms with Gasteiger partial charge in [-0.15, -0.1) is 0 Å². The Morgan fingerprint density at radius 1 is 1.00 bits per heavy atom. The molecule has 1 aromatic carbocycles. The largest absolute Gasteiger partial charge is 0.488 e. The lowest BCUT2D eigenvalue weighted by Crippen LogP contribution is -2.24. The van der Waals surface area contributed by atoms with Gasteiger partial charge in [0.05, 0.1) is 22.6 Å². The molecular weight excluding hydrogens is 459 g/mol. The van der Waals surface area contributed by atoms with Crippen LogP contribution in [0.15, 0.2) is 53.6 Å². The van der Waals surface area contributed by atoms with Crippen molar-refractivity contribution in [3.63, 3.8) is 0 Å². The van der Waals surface area contributed by atoms with Gasteiger partial charge < -0.3 is 9.84 Å². The number of benzene rings is 1. The first-order valence-electron chi connectivity index (χ1n) is 11.6. The molecule has 0 aliphatic carbocycles. The average molecular weight is 489 g/mol. The number of pyridine rings is 2. The first-order chi connectivity index (χ1) is 17.0. The van der Waals surface area contributed by atoms with Crippen LogP contribution in [0.3, 0.4) is 0 Å². The molecule has 0 unspecified atom stereocenters. The fourth-order valence-corrected chi connectivity index (χ4v) is 3.87. The minimum Gasteiger partial charge on any atom is -0.488 e. The summed E-state index contributed by atoms with van der Waals surface area (Å²) in [6, 6.07) is 9.71. The van der Waals surface area contributed by atoms with E-state index >= 15 is 0 Å². The van der Waals surface area contributed by atoms with Gasteiger partial charge >= 0.3 is 0 Å². The van der Waals surface area contributed by atoms with Crippen molar-refractivity contribution in [1.29, 1.82) is 0 Å². The summed E-state index contributed by atoms with van der Waals surface area (Å²) in [6.45, 7) is 10.8. The molecule has 0 amide bonds. The van der Waals surface area contributed by atoms with Crippen LogP contribution in [0.2, 0.25) is 0 Å². The molecule has 4 rings (SSSR count). The van der Waals surface area contributed by atoms with Crippen LogP contribution in [0.4, 0.5) is 4.39 Å². The topological polar surface area (TPSA) is 90.1 Å². The predicted octanol–water partition coefficient (Wildman–Crippen LogP) is 4.87. The van der Waals surface area contributed by atoms with Gasteiger partial charge in [0, 0.05) is 24.2 Å². The number of ether oxygens (including phenoxy) is 1. The van der Waals surface area contributed by atoms with Crippen molar-refractivity contribution in [2.24, 2.45) is 0 Å². The standard InChI is InChI=1S/C28H29FN4O3/c1-16-13-30-22(25-17(2)14-31-27(32-25)28(5,6)35)12-23(16)33-18(3)11-24(19(4)26(33)34)36-15-20-7-9-21(29)10-8-20/h7-14,35H,15H2,1-6H3. The number of rotatable bonds is 6. The predicted molar refractivity (Wildman–Crippen MR) is 136 cm³/mol. The van der Waals surface area contributed by atoms with Crippen LogP contribution in [0.25, 0.3) is 17.1 Å². The first-order valence-corrected chi connectivity index (χ1v) is 11.6. The van der Waals surface area contributed by atoms with E-state index in [0.717, 1.165) is 16.7 Å². The van der Waals surface area contributed by atoms with Crippen molar-refractivity contribution in [1.82, 2.24) is 19.5 Å². The van der Waals surface area contributed by atoms with Crippen molar-refractivity contribution < 1.29 is 14.2 Å². The zero-order valence-corrected chi connectivity index (χ0v) is 21.3. The Bertz CT molecular complexity index is 1490. The average Bonchev–Trinajstić information content (AvgIpc) is 2.82. The second-order valence-electron chi connectivity index (χ2n) is 9.47. The Labute approximate surface area is 209 Å². The van der Waals surface area contributed by atoms with Crippen molar-refractivity contribution in [2.75, 3.05) is 0 Å². The molecule has 0 saturated carbocycles. The molecule has 4 aromatic rings. The smallest absolute Gasteiger partial charge is 0.261 e. The van der Waals surface area contributed by atoms with Crippen LogP contribution in [0.1, 0.15) is 47.6 Å². The maximum Gasteiger partial charge on any atom is 0.261 e.